The minimum absolute atomic E-state index is 0.0265. The first kappa shape index (κ1) is 14.5. The largest absolute Gasteiger partial charge is 0.416 e. The maximum atomic E-state index is 12.7. The second kappa shape index (κ2) is 4.57. The molecule has 1 aliphatic rings. The number of alkyl halides is 3. The van der Waals surface area contributed by atoms with Crippen LogP contribution in [0.4, 0.5) is 13.2 Å². The van der Waals surface area contributed by atoms with Gasteiger partial charge in [-0.1, -0.05) is 12.1 Å². The van der Waals surface area contributed by atoms with E-state index in [9.17, 15) is 23.2 Å². The molecule has 0 radical (unpaired) electrons. The molecule has 108 valence electrons. The van der Waals surface area contributed by atoms with Gasteiger partial charge in [0.2, 0.25) is 0 Å². The molecule has 0 fully saturated rings. The number of carbonyl (C=O) groups is 1. The summed E-state index contributed by atoms with van der Waals surface area (Å²) in [5, 5.41) is 14.0. The molecule has 8 heteroatoms. The number of amides is 1. The Labute approximate surface area is 112 Å². The third-order valence-electron chi connectivity index (χ3n) is 3.13. The lowest BCUT2D eigenvalue weighted by atomic mass is 9.90. The van der Waals surface area contributed by atoms with Crippen molar-refractivity contribution in [3.63, 3.8) is 0 Å². The van der Waals surface area contributed by atoms with Crippen molar-refractivity contribution in [3.8, 4) is 0 Å². The van der Waals surface area contributed by atoms with Crippen LogP contribution in [0.15, 0.2) is 29.4 Å². The monoisotopic (exact) mass is 287 g/mol. The van der Waals surface area contributed by atoms with Crippen molar-refractivity contribution in [2.75, 3.05) is 7.05 Å². The van der Waals surface area contributed by atoms with Gasteiger partial charge in [0.05, 0.1) is 11.3 Å². The Morgan fingerprint density at radius 1 is 1.40 bits per heavy atom. The molecule has 1 aromatic carbocycles. The van der Waals surface area contributed by atoms with Crippen LogP contribution in [0.3, 0.4) is 0 Å². The summed E-state index contributed by atoms with van der Waals surface area (Å²) in [5.41, 5.74) is -0.455. The Bertz CT molecular complexity index is 586. The number of hydrogen-bond donors (Lipinski definition) is 2. The van der Waals surface area contributed by atoms with Crippen molar-refractivity contribution in [2.24, 2.45) is 5.10 Å². The second-order valence-corrected chi connectivity index (χ2v) is 4.59. The van der Waals surface area contributed by atoms with E-state index in [0.717, 1.165) is 17.1 Å². The maximum Gasteiger partial charge on any atom is 0.416 e. The highest BCUT2D eigenvalue weighted by Gasteiger charge is 2.47. The zero-order chi connectivity index (χ0) is 15.1. The predicted octanol–water partition coefficient (Wildman–Crippen LogP) is 1.62. The molecule has 1 heterocycles. The summed E-state index contributed by atoms with van der Waals surface area (Å²) in [5.74, 6) is -0.563. The van der Waals surface area contributed by atoms with Crippen LogP contribution in [-0.2, 0) is 11.0 Å². The molecule has 1 amide bonds. The van der Waals surface area contributed by atoms with Crippen LogP contribution in [0.5, 0.6) is 0 Å². The lowest BCUT2D eigenvalue weighted by molar-refractivity contribution is -0.137. The standard InChI is InChI=1S/C12H12F3N3O2/c1-11(17-20)9(16-18(2)10(11)19)7-4-3-5-8(6-7)12(13,14)15/h3-6,17,20H,1-2H3/t11-/m1/s1. The fraction of sp³-hybridized carbons (Fsp3) is 0.333. The van der Waals surface area contributed by atoms with Gasteiger partial charge >= 0.3 is 6.18 Å². The van der Waals surface area contributed by atoms with Crippen molar-refractivity contribution < 1.29 is 23.2 Å². The first-order chi connectivity index (χ1) is 9.20. The van der Waals surface area contributed by atoms with Gasteiger partial charge in [0, 0.05) is 12.6 Å². The number of halogens is 3. The molecule has 20 heavy (non-hydrogen) atoms. The minimum atomic E-state index is -4.49. The number of carbonyl (C=O) groups excluding carboxylic acids is 1. The van der Waals surface area contributed by atoms with Crippen molar-refractivity contribution in [3.05, 3.63) is 35.4 Å². The van der Waals surface area contributed by atoms with Crippen LogP contribution in [0.1, 0.15) is 18.1 Å². The van der Waals surface area contributed by atoms with E-state index in [2.05, 4.69) is 5.10 Å². The highest BCUT2D eigenvalue weighted by atomic mass is 19.4. The number of nitrogens with zero attached hydrogens (tertiary/aromatic N) is 2. The number of hydrogen-bond acceptors (Lipinski definition) is 4. The maximum absolute atomic E-state index is 12.7. The van der Waals surface area contributed by atoms with Gasteiger partial charge in [-0.2, -0.15) is 23.8 Å². The van der Waals surface area contributed by atoms with E-state index < -0.39 is 23.2 Å². The SMILES string of the molecule is CN1N=C(c2cccc(C(F)(F)F)c2)[C@@](C)(NO)C1=O. The Kier molecular flexibility index (Phi) is 3.31. The Morgan fingerprint density at radius 3 is 2.60 bits per heavy atom. The van der Waals surface area contributed by atoms with Gasteiger partial charge in [-0.05, 0) is 19.1 Å². The van der Waals surface area contributed by atoms with E-state index in [4.69, 9.17) is 0 Å². The van der Waals surface area contributed by atoms with Gasteiger partial charge in [0.25, 0.3) is 5.91 Å². The average Bonchev–Trinajstić information content (AvgIpc) is 2.63. The van der Waals surface area contributed by atoms with Gasteiger partial charge in [0.1, 0.15) is 0 Å². The van der Waals surface area contributed by atoms with Gasteiger partial charge in [-0.3, -0.25) is 4.79 Å². The van der Waals surface area contributed by atoms with Gasteiger partial charge < -0.3 is 5.21 Å². The molecular formula is C12H12F3N3O2. The minimum Gasteiger partial charge on any atom is -0.315 e. The summed E-state index contributed by atoms with van der Waals surface area (Å²) in [6.45, 7) is 1.35. The van der Waals surface area contributed by atoms with Gasteiger partial charge in [-0.15, -0.1) is 0 Å². The molecule has 2 rings (SSSR count). The molecule has 0 spiro atoms. The molecule has 1 atom stereocenters. The Hall–Kier alpha value is -1.93. The second-order valence-electron chi connectivity index (χ2n) is 4.59. The van der Waals surface area contributed by atoms with E-state index >= 15 is 0 Å². The Morgan fingerprint density at radius 2 is 2.05 bits per heavy atom. The fourth-order valence-electron chi connectivity index (χ4n) is 2.01. The molecule has 1 aromatic rings. The van der Waals surface area contributed by atoms with Crippen molar-refractivity contribution in [1.82, 2.24) is 10.5 Å². The van der Waals surface area contributed by atoms with Crippen LogP contribution in [0, 0.1) is 0 Å². The van der Waals surface area contributed by atoms with Crippen LogP contribution < -0.4 is 5.48 Å². The number of hydroxylamine groups is 1. The zero-order valence-electron chi connectivity index (χ0n) is 10.7. The molecule has 5 nitrogen and oxygen atoms in total. The number of rotatable bonds is 2. The van der Waals surface area contributed by atoms with Gasteiger partial charge in [-0.25, -0.2) is 5.01 Å². The molecule has 0 aromatic heterocycles. The van der Waals surface area contributed by atoms with Crippen molar-refractivity contribution >= 4 is 11.6 Å². The summed E-state index contributed by atoms with van der Waals surface area (Å²) in [6.07, 6.45) is -4.49. The first-order valence-corrected chi connectivity index (χ1v) is 5.66. The molecule has 0 unspecified atom stereocenters. The van der Waals surface area contributed by atoms with Crippen LogP contribution in [-0.4, -0.2) is 34.4 Å². The lowest BCUT2D eigenvalue weighted by Crippen LogP contribution is -2.53. The number of likely N-dealkylation sites (N-methyl/N-ethyl adjacent to an activating group) is 1. The molecule has 0 aliphatic carbocycles. The summed E-state index contributed by atoms with van der Waals surface area (Å²) in [6, 6.07) is 4.44. The summed E-state index contributed by atoms with van der Waals surface area (Å²) < 4.78 is 38.1. The quantitative estimate of drug-likeness (QED) is 0.812. The van der Waals surface area contributed by atoms with E-state index in [-0.39, 0.29) is 11.3 Å². The summed E-state index contributed by atoms with van der Waals surface area (Å²) in [4.78, 5) is 11.9. The number of benzene rings is 1. The number of nitrogens with one attached hydrogen (secondary N) is 1. The Balaban J connectivity index is 2.52. The van der Waals surface area contributed by atoms with E-state index in [1.165, 1.54) is 26.1 Å². The van der Waals surface area contributed by atoms with Crippen molar-refractivity contribution in [1.29, 1.82) is 0 Å². The highest BCUT2D eigenvalue weighted by Crippen LogP contribution is 2.31. The average molecular weight is 287 g/mol. The summed E-state index contributed by atoms with van der Waals surface area (Å²) in [7, 11) is 1.36. The zero-order valence-corrected chi connectivity index (χ0v) is 10.7. The summed E-state index contributed by atoms with van der Waals surface area (Å²) >= 11 is 0. The molecular weight excluding hydrogens is 275 g/mol. The smallest absolute Gasteiger partial charge is 0.315 e. The number of hydrazone groups is 1. The first-order valence-electron chi connectivity index (χ1n) is 5.66. The molecule has 0 saturated carbocycles. The lowest BCUT2D eigenvalue weighted by Gasteiger charge is -2.22. The van der Waals surface area contributed by atoms with Crippen LogP contribution in [0.25, 0.3) is 0 Å². The van der Waals surface area contributed by atoms with E-state index in [1.807, 2.05) is 5.48 Å². The normalized spacial score (nSPS) is 23.2. The van der Waals surface area contributed by atoms with Crippen LogP contribution >= 0.6 is 0 Å². The van der Waals surface area contributed by atoms with E-state index in [1.54, 1.807) is 0 Å². The topological polar surface area (TPSA) is 64.9 Å². The third kappa shape index (κ3) is 2.16. The third-order valence-corrected chi connectivity index (χ3v) is 3.13. The predicted molar refractivity (Wildman–Crippen MR) is 64.1 cm³/mol. The molecule has 0 bridgehead atoms. The van der Waals surface area contributed by atoms with Crippen molar-refractivity contribution in [2.45, 2.75) is 18.6 Å². The molecule has 2 N–H and O–H groups in total. The van der Waals surface area contributed by atoms with Crippen LogP contribution in [0.2, 0.25) is 0 Å². The molecule has 0 saturated heterocycles. The fourth-order valence-corrected chi connectivity index (χ4v) is 2.01. The van der Waals surface area contributed by atoms with E-state index in [0.29, 0.717) is 0 Å². The van der Waals surface area contributed by atoms with Gasteiger partial charge in [0.15, 0.2) is 5.54 Å². The molecule has 1 aliphatic heterocycles. The highest BCUT2D eigenvalue weighted by molar-refractivity contribution is 6.23.